The highest BCUT2D eigenvalue weighted by Crippen LogP contribution is 2.28. The Bertz CT molecular complexity index is 595. The van der Waals surface area contributed by atoms with Gasteiger partial charge in [0.2, 0.25) is 0 Å². The van der Waals surface area contributed by atoms with Gasteiger partial charge in [0.05, 0.1) is 4.90 Å². The maximum Gasteiger partial charge on any atom is 0.261 e. The van der Waals surface area contributed by atoms with Crippen molar-refractivity contribution < 1.29 is 13.2 Å². The van der Waals surface area contributed by atoms with Crippen molar-refractivity contribution in [3.05, 3.63) is 23.3 Å². The van der Waals surface area contributed by atoms with Gasteiger partial charge in [-0.05, 0) is 63.0 Å². The Morgan fingerprint density at radius 2 is 1.81 bits per heavy atom. The summed E-state index contributed by atoms with van der Waals surface area (Å²) in [7, 11) is 1.72. The van der Waals surface area contributed by atoms with Crippen LogP contribution in [-0.4, -0.2) is 39.6 Å². The quantitative estimate of drug-likeness (QED) is 0.778. The Labute approximate surface area is 131 Å². The van der Waals surface area contributed by atoms with E-state index in [9.17, 15) is 8.42 Å². The molecule has 1 heterocycles. The lowest BCUT2D eigenvalue weighted by atomic mass is 10.1. The summed E-state index contributed by atoms with van der Waals surface area (Å²) < 4.78 is 28.7. The Balaban J connectivity index is 1.99. The predicted molar refractivity (Wildman–Crippen MR) is 84.7 cm³/mol. The molecule has 0 aliphatic carbocycles. The maximum atomic E-state index is 11.5. The van der Waals surface area contributed by atoms with E-state index < -0.39 is 9.05 Å². The van der Waals surface area contributed by atoms with E-state index in [1.165, 1.54) is 25.3 Å². The molecule has 0 radical (unpaired) electrons. The first kappa shape index (κ1) is 16.6. The van der Waals surface area contributed by atoms with Crippen molar-refractivity contribution >= 4 is 19.7 Å². The van der Waals surface area contributed by atoms with Crippen LogP contribution in [-0.2, 0) is 9.05 Å². The van der Waals surface area contributed by atoms with Crippen LogP contribution in [0.1, 0.15) is 30.4 Å². The molecule has 6 heteroatoms. The number of nitrogens with zero attached hydrogens (tertiary/aromatic N) is 1. The molecule has 0 amide bonds. The number of ether oxygens (including phenoxy) is 1. The summed E-state index contributed by atoms with van der Waals surface area (Å²) in [5.74, 6) is 0.730. The van der Waals surface area contributed by atoms with Gasteiger partial charge in [0.1, 0.15) is 12.4 Å². The summed E-state index contributed by atoms with van der Waals surface area (Å²) in [6, 6.07) is 3.20. The van der Waals surface area contributed by atoms with Crippen LogP contribution in [0.3, 0.4) is 0 Å². The minimum absolute atomic E-state index is 0.157. The lowest BCUT2D eigenvalue weighted by Gasteiger charge is -2.26. The van der Waals surface area contributed by atoms with Crippen LogP contribution >= 0.6 is 10.7 Å². The number of halogens is 1. The average molecular weight is 332 g/mol. The topological polar surface area (TPSA) is 46.6 Å². The number of rotatable bonds is 5. The molecule has 0 aromatic heterocycles. The molecule has 1 aliphatic rings. The molecule has 1 aromatic rings. The van der Waals surface area contributed by atoms with Crippen molar-refractivity contribution in [2.24, 2.45) is 0 Å². The molecule has 2 rings (SSSR count). The second-order valence-electron chi connectivity index (χ2n) is 5.50. The molecule has 21 heavy (non-hydrogen) atoms. The van der Waals surface area contributed by atoms with E-state index >= 15 is 0 Å². The zero-order valence-corrected chi connectivity index (χ0v) is 14.1. The van der Waals surface area contributed by atoms with E-state index in [1.807, 2.05) is 6.92 Å². The normalized spacial score (nSPS) is 16.9. The molecule has 0 spiro atoms. The molecular formula is C15H22ClNO3S. The van der Waals surface area contributed by atoms with Crippen LogP contribution in [0.25, 0.3) is 0 Å². The van der Waals surface area contributed by atoms with Crippen molar-refractivity contribution in [3.8, 4) is 5.75 Å². The smallest absolute Gasteiger partial charge is 0.261 e. The molecule has 1 fully saturated rings. The standard InChI is InChI=1S/C15H22ClNO3S/c1-12-13(2)15(21(16,18)19)7-6-14(12)20-11-10-17-8-4-3-5-9-17/h6-7H,3-5,8-11H2,1-2H3. The van der Waals surface area contributed by atoms with Crippen molar-refractivity contribution in [3.63, 3.8) is 0 Å². The van der Waals surface area contributed by atoms with Gasteiger partial charge in [-0.15, -0.1) is 0 Å². The first-order valence-electron chi connectivity index (χ1n) is 7.29. The Morgan fingerprint density at radius 3 is 2.43 bits per heavy atom. The summed E-state index contributed by atoms with van der Waals surface area (Å²) >= 11 is 0. The molecule has 4 nitrogen and oxygen atoms in total. The zero-order chi connectivity index (χ0) is 15.5. The van der Waals surface area contributed by atoms with Crippen LogP contribution < -0.4 is 4.74 Å². The van der Waals surface area contributed by atoms with Crippen LogP contribution in [0.5, 0.6) is 5.75 Å². The van der Waals surface area contributed by atoms with Crippen LogP contribution in [0.15, 0.2) is 17.0 Å². The fourth-order valence-corrected chi connectivity index (χ4v) is 3.91. The SMILES string of the molecule is Cc1c(OCCN2CCCCC2)ccc(S(=O)(=O)Cl)c1C. The largest absolute Gasteiger partial charge is 0.492 e. The highest BCUT2D eigenvalue weighted by molar-refractivity contribution is 8.13. The van der Waals surface area contributed by atoms with Gasteiger partial charge in [-0.3, -0.25) is 4.90 Å². The van der Waals surface area contributed by atoms with Gasteiger partial charge in [0, 0.05) is 17.2 Å². The van der Waals surface area contributed by atoms with Gasteiger partial charge in [0.15, 0.2) is 0 Å². The van der Waals surface area contributed by atoms with Crippen LogP contribution in [0.4, 0.5) is 0 Å². The molecule has 0 unspecified atom stereocenters. The Kier molecular flexibility index (Phi) is 5.52. The molecule has 0 atom stereocenters. The third kappa shape index (κ3) is 4.34. The van der Waals surface area contributed by atoms with E-state index in [0.29, 0.717) is 12.2 Å². The molecule has 1 aliphatic heterocycles. The fourth-order valence-electron chi connectivity index (χ4n) is 2.66. The first-order valence-corrected chi connectivity index (χ1v) is 9.60. The number of hydrogen-bond donors (Lipinski definition) is 0. The van der Waals surface area contributed by atoms with E-state index in [0.717, 1.165) is 30.9 Å². The van der Waals surface area contributed by atoms with Gasteiger partial charge in [0.25, 0.3) is 9.05 Å². The van der Waals surface area contributed by atoms with E-state index in [-0.39, 0.29) is 4.90 Å². The second-order valence-corrected chi connectivity index (χ2v) is 8.03. The molecule has 1 aromatic carbocycles. The van der Waals surface area contributed by atoms with E-state index in [1.54, 1.807) is 13.0 Å². The number of likely N-dealkylation sites (tertiary alicyclic amines) is 1. The number of piperidine rings is 1. The fraction of sp³-hybridized carbons (Fsp3) is 0.600. The minimum Gasteiger partial charge on any atom is -0.492 e. The summed E-state index contributed by atoms with van der Waals surface area (Å²) in [4.78, 5) is 2.56. The molecule has 118 valence electrons. The highest BCUT2D eigenvalue weighted by Gasteiger charge is 2.17. The molecule has 0 bridgehead atoms. The Hall–Kier alpha value is -0.780. The second kappa shape index (κ2) is 6.99. The molecule has 1 saturated heterocycles. The lowest BCUT2D eigenvalue weighted by Crippen LogP contribution is -2.33. The third-order valence-electron chi connectivity index (χ3n) is 4.06. The Morgan fingerprint density at radius 1 is 1.14 bits per heavy atom. The van der Waals surface area contributed by atoms with E-state index in [2.05, 4.69) is 4.90 Å². The zero-order valence-electron chi connectivity index (χ0n) is 12.6. The molecule has 0 N–H and O–H groups in total. The van der Waals surface area contributed by atoms with Crippen molar-refractivity contribution in [1.82, 2.24) is 4.90 Å². The van der Waals surface area contributed by atoms with Crippen molar-refractivity contribution in [2.75, 3.05) is 26.2 Å². The minimum atomic E-state index is -3.70. The van der Waals surface area contributed by atoms with Crippen molar-refractivity contribution in [1.29, 1.82) is 0 Å². The lowest BCUT2D eigenvalue weighted by molar-refractivity contribution is 0.183. The number of hydrogen-bond acceptors (Lipinski definition) is 4. The van der Waals surface area contributed by atoms with E-state index in [4.69, 9.17) is 15.4 Å². The average Bonchev–Trinajstić information content (AvgIpc) is 2.43. The first-order chi connectivity index (χ1) is 9.89. The van der Waals surface area contributed by atoms with Gasteiger partial charge in [-0.2, -0.15) is 0 Å². The maximum absolute atomic E-state index is 11.5. The molecule has 0 saturated carbocycles. The van der Waals surface area contributed by atoms with Crippen LogP contribution in [0, 0.1) is 13.8 Å². The summed E-state index contributed by atoms with van der Waals surface area (Å²) in [5, 5.41) is 0. The van der Waals surface area contributed by atoms with Gasteiger partial charge in [-0.1, -0.05) is 6.42 Å². The summed E-state index contributed by atoms with van der Waals surface area (Å²) in [5.41, 5.74) is 1.48. The van der Waals surface area contributed by atoms with Gasteiger partial charge in [-0.25, -0.2) is 8.42 Å². The predicted octanol–water partition coefficient (Wildman–Crippen LogP) is 3.10. The third-order valence-corrected chi connectivity index (χ3v) is 5.53. The van der Waals surface area contributed by atoms with Gasteiger partial charge >= 0.3 is 0 Å². The molecular weight excluding hydrogens is 310 g/mol. The van der Waals surface area contributed by atoms with Crippen LogP contribution in [0.2, 0.25) is 0 Å². The summed E-state index contributed by atoms with van der Waals surface area (Å²) in [6.45, 7) is 7.43. The summed E-state index contributed by atoms with van der Waals surface area (Å²) in [6.07, 6.45) is 3.85. The monoisotopic (exact) mass is 331 g/mol. The number of benzene rings is 1. The highest BCUT2D eigenvalue weighted by atomic mass is 35.7. The van der Waals surface area contributed by atoms with Gasteiger partial charge < -0.3 is 4.74 Å². The van der Waals surface area contributed by atoms with Crippen molar-refractivity contribution in [2.45, 2.75) is 38.0 Å².